The first kappa shape index (κ1) is 14.8. The van der Waals surface area contributed by atoms with E-state index in [1.165, 1.54) is 0 Å². The van der Waals surface area contributed by atoms with Crippen LogP contribution in [0.1, 0.15) is 18.9 Å². The molecule has 0 saturated heterocycles. The second-order valence-electron chi connectivity index (χ2n) is 4.27. The van der Waals surface area contributed by atoms with E-state index in [0.717, 1.165) is 36.6 Å². The molecule has 4 heteroatoms. The van der Waals surface area contributed by atoms with E-state index < -0.39 is 0 Å². The van der Waals surface area contributed by atoms with Gasteiger partial charge in [-0.15, -0.1) is 0 Å². The highest BCUT2D eigenvalue weighted by atomic mass is 16.5. The van der Waals surface area contributed by atoms with Gasteiger partial charge in [-0.2, -0.15) is 0 Å². The Morgan fingerprint density at radius 2 is 2.06 bits per heavy atom. The third kappa shape index (κ3) is 4.20. The molecule has 0 amide bonds. The lowest BCUT2D eigenvalue weighted by Gasteiger charge is -2.14. The Morgan fingerprint density at radius 1 is 1.28 bits per heavy atom. The van der Waals surface area contributed by atoms with Gasteiger partial charge in [0.05, 0.1) is 14.2 Å². The highest BCUT2D eigenvalue weighted by molar-refractivity contribution is 5.40. The number of benzene rings is 1. The average Bonchev–Trinajstić information content (AvgIpc) is 2.43. The van der Waals surface area contributed by atoms with E-state index in [-0.39, 0.29) is 6.61 Å². The summed E-state index contributed by atoms with van der Waals surface area (Å²) in [6.45, 7) is 3.84. The Kier molecular flexibility index (Phi) is 6.54. The van der Waals surface area contributed by atoms with Crippen molar-refractivity contribution in [2.45, 2.75) is 19.9 Å². The molecule has 0 aliphatic carbocycles. The van der Waals surface area contributed by atoms with Gasteiger partial charge in [0.25, 0.3) is 0 Å². The van der Waals surface area contributed by atoms with Gasteiger partial charge < -0.3 is 19.9 Å². The molecular formula is C14H23NO3. The lowest BCUT2D eigenvalue weighted by atomic mass is 10.1. The summed E-state index contributed by atoms with van der Waals surface area (Å²) in [6.07, 6.45) is 0.975. The molecule has 18 heavy (non-hydrogen) atoms. The number of nitrogens with one attached hydrogen (secondary N) is 1. The first-order valence-electron chi connectivity index (χ1n) is 6.27. The van der Waals surface area contributed by atoms with E-state index in [9.17, 15) is 0 Å². The zero-order chi connectivity index (χ0) is 13.4. The van der Waals surface area contributed by atoms with E-state index in [4.69, 9.17) is 14.6 Å². The van der Waals surface area contributed by atoms with Gasteiger partial charge in [-0.05, 0) is 18.4 Å². The second-order valence-corrected chi connectivity index (χ2v) is 4.27. The second kappa shape index (κ2) is 7.95. The van der Waals surface area contributed by atoms with Gasteiger partial charge in [-0.25, -0.2) is 0 Å². The molecule has 1 aromatic rings. The number of aliphatic hydroxyl groups is 1. The largest absolute Gasteiger partial charge is 0.497 e. The van der Waals surface area contributed by atoms with Crippen molar-refractivity contribution in [3.63, 3.8) is 0 Å². The third-order valence-corrected chi connectivity index (χ3v) is 3.08. The molecule has 0 aliphatic heterocycles. The summed E-state index contributed by atoms with van der Waals surface area (Å²) in [5.74, 6) is 1.92. The number of hydrogen-bond acceptors (Lipinski definition) is 4. The van der Waals surface area contributed by atoms with Gasteiger partial charge in [0.15, 0.2) is 0 Å². The molecule has 0 aliphatic rings. The van der Waals surface area contributed by atoms with Crippen LogP contribution in [-0.2, 0) is 6.54 Å². The highest BCUT2D eigenvalue weighted by Crippen LogP contribution is 2.24. The minimum atomic E-state index is 0.225. The smallest absolute Gasteiger partial charge is 0.127 e. The van der Waals surface area contributed by atoms with Crippen molar-refractivity contribution >= 4 is 0 Å². The average molecular weight is 253 g/mol. The lowest BCUT2D eigenvalue weighted by molar-refractivity contribution is 0.218. The summed E-state index contributed by atoms with van der Waals surface area (Å²) in [6, 6.07) is 5.79. The third-order valence-electron chi connectivity index (χ3n) is 3.08. The van der Waals surface area contributed by atoms with Gasteiger partial charge in [0, 0.05) is 31.3 Å². The molecule has 0 heterocycles. The van der Waals surface area contributed by atoms with Gasteiger partial charge in [-0.1, -0.05) is 13.0 Å². The molecule has 1 atom stereocenters. The summed E-state index contributed by atoms with van der Waals surface area (Å²) >= 11 is 0. The van der Waals surface area contributed by atoms with Gasteiger partial charge in [0.2, 0.25) is 0 Å². The highest BCUT2D eigenvalue weighted by Gasteiger charge is 2.07. The van der Waals surface area contributed by atoms with Crippen LogP contribution >= 0.6 is 0 Å². The molecule has 0 spiro atoms. The number of aliphatic hydroxyl groups excluding tert-OH is 1. The molecule has 0 aromatic heterocycles. The van der Waals surface area contributed by atoms with Crippen molar-refractivity contribution in [1.82, 2.24) is 5.32 Å². The van der Waals surface area contributed by atoms with Crippen LogP contribution < -0.4 is 14.8 Å². The quantitative estimate of drug-likeness (QED) is 0.742. The maximum absolute atomic E-state index is 9.11. The summed E-state index contributed by atoms with van der Waals surface area (Å²) in [7, 11) is 3.29. The minimum Gasteiger partial charge on any atom is -0.497 e. The summed E-state index contributed by atoms with van der Waals surface area (Å²) < 4.78 is 10.5. The number of rotatable bonds is 8. The molecule has 2 N–H and O–H groups in total. The molecule has 102 valence electrons. The van der Waals surface area contributed by atoms with Crippen LogP contribution in [0.4, 0.5) is 0 Å². The first-order valence-corrected chi connectivity index (χ1v) is 6.27. The van der Waals surface area contributed by atoms with Crippen LogP contribution in [0.25, 0.3) is 0 Å². The van der Waals surface area contributed by atoms with Crippen molar-refractivity contribution in [3.8, 4) is 11.5 Å². The Balaban J connectivity index is 2.56. The fourth-order valence-corrected chi connectivity index (χ4v) is 1.75. The molecule has 1 unspecified atom stereocenters. The van der Waals surface area contributed by atoms with Crippen LogP contribution in [0.5, 0.6) is 11.5 Å². The molecule has 0 fully saturated rings. The topological polar surface area (TPSA) is 50.7 Å². The Labute approximate surface area is 109 Å². The van der Waals surface area contributed by atoms with E-state index in [0.29, 0.717) is 5.92 Å². The normalized spacial score (nSPS) is 12.2. The number of ether oxygens (including phenoxy) is 2. The van der Waals surface area contributed by atoms with Crippen LogP contribution in [0.3, 0.4) is 0 Å². The van der Waals surface area contributed by atoms with E-state index in [2.05, 4.69) is 12.2 Å². The Hall–Kier alpha value is -1.26. The fraction of sp³-hybridized carbons (Fsp3) is 0.571. The zero-order valence-electron chi connectivity index (χ0n) is 11.4. The molecule has 0 bridgehead atoms. The molecule has 1 rings (SSSR count). The standard InChI is InChI=1S/C14H23NO3/c1-4-11(10-16)8-15-9-12-5-6-13(17-2)7-14(12)18-3/h5-7,11,15-16H,4,8-10H2,1-3H3. The summed E-state index contributed by atoms with van der Waals surface area (Å²) in [4.78, 5) is 0. The molecule has 4 nitrogen and oxygen atoms in total. The van der Waals surface area contributed by atoms with E-state index in [1.54, 1.807) is 14.2 Å². The van der Waals surface area contributed by atoms with Crippen molar-refractivity contribution in [2.75, 3.05) is 27.4 Å². The maximum Gasteiger partial charge on any atom is 0.127 e. The zero-order valence-corrected chi connectivity index (χ0v) is 11.4. The predicted octanol–water partition coefficient (Wildman–Crippen LogP) is 1.81. The maximum atomic E-state index is 9.11. The Bertz CT molecular complexity index is 351. The molecule has 1 aromatic carbocycles. The monoisotopic (exact) mass is 253 g/mol. The molecule has 0 saturated carbocycles. The van der Waals surface area contributed by atoms with Crippen LogP contribution in [0, 0.1) is 5.92 Å². The SMILES string of the molecule is CCC(CO)CNCc1ccc(OC)cc1OC. The fourth-order valence-electron chi connectivity index (χ4n) is 1.75. The van der Waals surface area contributed by atoms with Gasteiger partial charge >= 0.3 is 0 Å². The van der Waals surface area contributed by atoms with Crippen LogP contribution in [-0.4, -0.2) is 32.5 Å². The van der Waals surface area contributed by atoms with Crippen LogP contribution in [0.15, 0.2) is 18.2 Å². The predicted molar refractivity (Wildman–Crippen MR) is 72.1 cm³/mol. The summed E-state index contributed by atoms with van der Waals surface area (Å²) in [5.41, 5.74) is 1.09. The van der Waals surface area contributed by atoms with E-state index in [1.807, 2.05) is 18.2 Å². The molecule has 0 radical (unpaired) electrons. The number of methoxy groups -OCH3 is 2. The minimum absolute atomic E-state index is 0.225. The lowest BCUT2D eigenvalue weighted by Crippen LogP contribution is -2.24. The Morgan fingerprint density at radius 3 is 2.61 bits per heavy atom. The van der Waals surface area contributed by atoms with Gasteiger partial charge in [0.1, 0.15) is 11.5 Å². The molecular weight excluding hydrogens is 230 g/mol. The van der Waals surface area contributed by atoms with Crippen molar-refractivity contribution in [1.29, 1.82) is 0 Å². The van der Waals surface area contributed by atoms with Gasteiger partial charge in [-0.3, -0.25) is 0 Å². The van der Waals surface area contributed by atoms with Crippen LogP contribution in [0.2, 0.25) is 0 Å². The number of hydrogen-bond donors (Lipinski definition) is 2. The van der Waals surface area contributed by atoms with E-state index >= 15 is 0 Å². The first-order chi connectivity index (χ1) is 8.74. The van der Waals surface area contributed by atoms with Crippen molar-refractivity contribution < 1.29 is 14.6 Å². The van der Waals surface area contributed by atoms with Crippen molar-refractivity contribution in [3.05, 3.63) is 23.8 Å². The summed E-state index contributed by atoms with van der Waals surface area (Å²) in [5, 5.41) is 12.4. The van der Waals surface area contributed by atoms with Crippen molar-refractivity contribution in [2.24, 2.45) is 5.92 Å².